The van der Waals surface area contributed by atoms with Crippen LogP contribution in [0.15, 0.2) is 39.6 Å². The molecule has 1 aliphatic carbocycles. The number of hydrogen-bond donors (Lipinski definition) is 0. The zero-order valence-electron chi connectivity index (χ0n) is 11.0. The number of nitriles is 1. The normalized spacial score (nSPS) is 21.5. The lowest BCUT2D eigenvalue weighted by Crippen LogP contribution is -1.98. The SMILES string of the molecule is C[C@H]1C[C@@H]1c1ccc(/C=C(\C#N)C(=O)c2cccs2)o1. The summed E-state index contributed by atoms with van der Waals surface area (Å²) in [6.07, 6.45) is 2.68. The van der Waals surface area contributed by atoms with Gasteiger partial charge in [0.25, 0.3) is 0 Å². The average molecular weight is 283 g/mol. The Morgan fingerprint density at radius 2 is 2.30 bits per heavy atom. The molecule has 0 radical (unpaired) electrons. The van der Waals surface area contributed by atoms with Crippen LogP contribution in [0, 0.1) is 17.2 Å². The Bertz CT molecular complexity index is 703. The Kier molecular flexibility index (Phi) is 3.29. The number of allylic oxidation sites excluding steroid dienone is 1. The van der Waals surface area contributed by atoms with Gasteiger partial charge in [-0.3, -0.25) is 4.79 Å². The van der Waals surface area contributed by atoms with E-state index in [1.807, 2.05) is 23.6 Å². The maximum atomic E-state index is 12.1. The van der Waals surface area contributed by atoms with Gasteiger partial charge in [-0.25, -0.2) is 0 Å². The van der Waals surface area contributed by atoms with Gasteiger partial charge in [0.2, 0.25) is 5.78 Å². The zero-order valence-corrected chi connectivity index (χ0v) is 11.8. The molecule has 1 saturated carbocycles. The number of carbonyl (C=O) groups excluding carboxylic acids is 1. The highest BCUT2D eigenvalue weighted by atomic mass is 32.1. The Labute approximate surface area is 121 Å². The van der Waals surface area contributed by atoms with Crippen LogP contribution in [0.4, 0.5) is 0 Å². The van der Waals surface area contributed by atoms with Crippen molar-refractivity contribution in [1.29, 1.82) is 5.26 Å². The van der Waals surface area contributed by atoms with Crippen molar-refractivity contribution in [3.8, 4) is 6.07 Å². The molecule has 2 heterocycles. The average Bonchev–Trinajstić information content (AvgIpc) is 2.93. The van der Waals surface area contributed by atoms with Crippen molar-refractivity contribution in [1.82, 2.24) is 0 Å². The second-order valence-electron chi connectivity index (χ2n) is 5.04. The molecule has 0 amide bonds. The summed E-state index contributed by atoms with van der Waals surface area (Å²) >= 11 is 1.33. The van der Waals surface area contributed by atoms with Crippen molar-refractivity contribution in [2.24, 2.45) is 5.92 Å². The van der Waals surface area contributed by atoms with E-state index in [0.717, 1.165) is 12.2 Å². The molecule has 0 aliphatic heterocycles. The minimum Gasteiger partial charge on any atom is -0.461 e. The summed E-state index contributed by atoms with van der Waals surface area (Å²) in [6, 6.07) is 9.23. The highest BCUT2D eigenvalue weighted by molar-refractivity contribution is 7.12. The predicted molar refractivity (Wildman–Crippen MR) is 77.5 cm³/mol. The first-order chi connectivity index (χ1) is 9.69. The molecule has 0 bridgehead atoms. The Balaban J connectivity index is 1.84. The minimum atomic E-state index is -0.250. The Morgan fingerprint density at radius 1 is 1.50 bits per heavy atom. The fourth-order valence-electron chi connectivity index (χ4n) is 2.20. The van der Waals surface area contributed by atoms with Gasteiger partial charge in [0.15, 0.2) is 0 Å². The number of thiophene rings is 1. The smallest absolute Gasteiger partial charge is 0.213 e. The zero-order chi connectivity index (χ0) is 14.1. The van der Waals surface area contributed by atoms with Crippen LogP contribution >= 0.6 is 11.3 Å². The Morgan fingerprint density at radius 3 is 2.90 bits per heavy atom. The van der Waals surface area contributed by atoms with E-state index < -0.39 is 0 Å². The summed E-state index contributed by atoms with van der Waals surface area (Å²) in [5.41, 5.74) is 0.109. The van der Waals surface area contributed by atoms with Gasteiger partial charge < -0.3 is 4.42 Å². The lowest BCUT2D eigenvalue weighted by atomic mass is 10.1. The molecule has 3 rings (SSSR count). The van der Waals surface area contributed by atoms with Crippen molar-refractivity contribution in [3.63, 3.8) is 0 Å². The molecule has 0 spiro atoms. The molecule has 0 N–H and O–H groups in total. The first kappa shape index (κ1) is 12.9. The second-order valence-corrected chi connectivity index (χ2v) is 5.98. The van der Waals surface area contributed by atoms with Gasteiger partial charge in [-0.2, -0.15) is 5.26 Å². The molecule has 0 saturated heterocycles. The van der Waals surface area contributed by atoms with E-state index in [2.05, 4.69) is 6.92 Å². The van der Waals surface area contributed by atoms with Gasteiger partial charge >= 0.3 is 0 Å². The first-order valence-electron chi connectivity index (χ1n) is 6.49. The first-order valence-corrected chi connectivity index (χ1v) is 7.36. The monoisotopic (exact) mass is 283 g/mol. The van der Waals surface area contributed by atoms with Gasteiger partial charge in [-0.1, -0.05) is 13.0 Å². The molecule has 20 heavy (non-hydrogen) atoms. The van der Waals surface area contributed by atoms with Gasteiger partial charge in [0, 0.05) is 12.0 Å². The van der Waals surface area contributed by atoms with E-state index in [1.54, 1.807) is 12.1 Å². The molecular weight excluding hydrogens is 270 g/mol. The highest BCUT2D eigenvalue weighted by Gasteiger charge is 2.36. The number of hydrogen-bond acceptors (Lipinski definition) is 4. The van der Waals surface area contributed by atoms with Crippen molar-refractivity contribution in [3.05, 3.63) is 51.6 Å². The standard InChI is InChI=1S/C16H13NO2S/c1-10-7-13(10)14-5-4-12(19-14)8-11(9-17)16(18)15-3-2-6-20-15/h2-6,8,10,13H,7H2,1H3/b11-8+/t10-,13-/m0/s1. The molecule has 1 fully saturated rings. The fraction of sp³-hybridized carbons (Fsp3) is 0.250. The van der Waals surface area contributed by atoms with E-state index in [1.165, 1.54) is 17.4 Å². The van der Waals surface area contributed by atoms with Crippen LogP contribution in [-0.2, 0) is 0 Å². The van der Waals surface area contributed by atoms with Crippen LogP contribution in [0.25, 0.3) is 6.08 Å². The summed E-state index contributed by atoms with van der Waals surface area (Å²) in [6.45, 7) is 2.18. The van der Waals surface area contributed by atoms with Crippen molar-refractivity contribution in [2.45, 2.75) is 19.3 Å². The van der Waals surface area contributed by atoms with Crippen LogP contribution in [0.3, 0.4) is 0 Å². The number of ketones is 1. The second kappa shape index (κ2) is 5.10. The lowest BCUT2D eigenvalue weighted by Gasteiger charge is -1.95. The van der Waals surface area contributed by atoms with Gasteiger partial charge in [0.1, 0.15) is 23.2 Å². The quantitative estimate of drug-likeness (QED) is 0.478. The Hall–Kier alpha value is -2.12. The largest absolute Gasteiger partial charge is 0.461 e. The minimum absolute atomic E-state index is 0.109. The summed E-state index contributed by atoms with van der Waals surface area (Å²) in [5, 5.41) is 11.0. The maximum Gasteiger partial charge on any atom is 0.213 e. The fourth-order valence-corrected chi connectivity index (χ4v) is 2.87. The molecule has 2 aromatic rings. The van der Waals surface area contributed by atoms with Crippen LogP contribution < -0.4 is 0 Å². The van der Waals surface area contributed by atoms with E-state index in [4.69, 9.17) is 9.68 Å². The van der Waals surface area contributed by atoms with Crippen LogP contribution in [-0.4, -0.2) is 5.78 Å². The van der Waals surface area contributed by atoms with Gasteiger partial charge in [0.05, 0.1) is 4.88 Å². The lowest BCUT2D eigenvalue weighted by molar-refractivity contribution is 0.104. The molecule has 4 heteroatoms. The summed E-state index contributed by atoms with van der Waals surface area (Å²) < 4.78 is 5.70. The van der Waals surface area contributed by atoms with E-state index in [0.29, 0.717) is 22.5 Å². The molecule has 2 aromatic heterocycles. The van der Waals surface area contributed by atoms with E-state index in [-0.39, 0.29) is 11.4 Å². The number of furan rings is 1. The van der Waals surface area contributed by atoms with Crippen molar-refractivity contribution >= 4 is 23.2 Å². The topological polar surface area (TPSA) is 54.0 Å². The van der Waals surface area contributed by atoms with Crippen LogP contribution in [0.1, 0.15) is 40.5 Å². The van der Waals surface area contributed by atoms with Gasteiger partial charge in [-0.05, 0) is 35.9 Å². The molecule has 3 nitrogen and oxygen atoms in total. The van der Waals surface area contributed by atoms with Gasteiger partial charge in [-0.15, -0.1) is 11.3 Å². The number of carbonyl (C=O) groups is 1. The van der Waals surface area contributed by atoms with E-state index in [9.17, 15) is 4.79 Å². The third-order valence-electron chi connectivity index (χ3n) is 3.52. The molecule has 100 valence electrons. The predicted octanol–water partition coefficient (Wildman–Crippen LogP) is 4.25. The summed E-state index contributed by atoms with van der Waals surface area (Å²) in [5.74, 6) is 2.43. The number of nitrogens with zero attached hydrogens (tertiary/aromatic N) is 1. The molecule has 2 atom stereocenters. The van der Waals surface area contributed by atoms with Crippen LogP contribution in [0.2, 0.25) is 0 Å². The third-order valence-corrected chi connectivity index (χ3v) is 4.39. The van der Waals surface area contributed by atoms with Crippen molar-refractivity contribution in [2.75, 3.05) is 0 Å². The molecular formula is C16H13NO2S. The summed E-state index contributed by atoms with van der Waals surface area (Å²) in [4.78, 5) is 12.7. The molecule has 0 aromatic carbocycles. The number of rotatable bonds is 4. The molecule has 0 unspecified atom stereocenters. The molecule has 1 aliphatic rings. The third kappa shape index (κ3) is 2.45. The maximum absolute atomic E-state index is 12.1. The van der Waals surface area contributed by atoms with Crippen molar-refractivity contribution < 1.29 is 9.21 Å². The number of Topliss-reactive ketones (excluding diaryl/α,β-unsaturated/α-hetero) is 1. The van der Waals surface area contributed by atoms with Crippen LogP contribution in [0.5, 0.6) is 0 Å². The summed E-state index contributed by atoms with van der Waals surface area (Å²) in [7, 11) is 0. The highest BCUT2D eigenvalue weighted by Crippen LogP contribution is 2.47. The van der Waals surface area contributed by atoms with E-state index >= 15 is 0 Å².